The monoisotopic (exact) mass is 756 g/mol. The Morgan fingerprint density at radius 3 is 1.65 bits per heavy atom. The normalized spacial score (nSPS) is 14.0. The molecule has 9 nitrogen and oxygen atoms in total. The van der Waals surface area contributed by atoms with Crippen molar-refractivity contribution in [1.29, 1.82) is 0 Å². The molecule has 0 amide bonds. The van der Waals surface area contributed by atoms with Gasteiger partial charge in [-0.1, -0.05) is 134 Å². The maximum atomic E-state index is 12.6. The molecule has 0 heterocycles. The number of allylic oxidation sites excluding steroid dienone is 6. The molecule has 1 unspecified atom stereocenters. The van der Waals surface area contributed by atoms with E-state index in [1.807, 2.05) is 21.1 Å². The van der Waals surface area contributed by atoms with E-state index in [-0.39, 0.29) is 26.1 Å². The van der Waals surface area contributed by atoms with E-state index < -0.39 is 32.5 Å². The molecule has 2 atom stereocenters. The average Bonchev–Trinajstić information content (AvgIpc) is 3.09. The summed E-state index contributed by atoms with van der Waals surface area (Å²) < 4.78 is 33.7. The van der Waals surface area contributed by atoms with Crippen molar-refractivity contribution in [2.45, 2.75) is 174 Å². The van der Waals surface area contributed by atoms with Gasteiger partial charge in [-0.3, -0.25) is 14.2 Å². The van der Waals surface area contributed by atoms with E-state index in [2.05, 4.69) is 50.3 Å². The van der Waals surface area contributed by atoms with Gasteiger partial charge >= 0.3 is 11.9 Å². The van der Waals surface area contributed by atoms with Gasteiger partial charge < -0.3 is 27.9 Å². The van der Waals surface area contributed by atoms with Crippen LogP contribution in [0.25, 0.3) is 0 Å². The van der Waals surface area contributed by atoms with E-state index in [1.54, 1.807) is 0 Å². The Bertz CT molecular complexity index is 991. The number of carbonyl (C=O) groups is 2. The number of phosphoric ester groups is 1. The lowest BCUT2D eigenvalue weighted by molar-refractivity contribution is -0.870. The largest absolute Gasteiger partial charge is 0.756 e. The lowest BCUT2D eigenvalue weighted by atomic mass is 10.1. The zero-order valence-corrected chi connectivity index (χ0v) is 34.9. The molecule has 304 valence electrons. The first-order chi connectivity index (χ1) is 25.0. The SMILES string of the molecule is CCCC/C=C/CCCCCCCC(=O)O[C@@H](COC(=O)CCC/C=C/C/C=C/CCCCCCCCCCC)COP(=O)([O-])OCC[N+](C)(C)C. The molecule has 0 N–H and O–H groups in total. The van der Waals surface area contributed by atoms with Crippen LogP contribution in [-0.4, -0.2) is 70.0 Å². The number of likely N-dealkylation sites (N-methyl/N-ethyl adjacent to an activating group) is 1. The summed E-state index contributed by atoms with van der Waals surface area (Å²) in [6.45, 7) is 4.12. The van der Waals surface area contributed by atoms with E-state index >= 15 is 0 Å². The molecule has 0 aromatic carbocycles. The Balaban J connectivity index is 4.44. The van der Waals surface area contributed by atoms with Gasteiger partial charge in [0.2, 0.25) is 0 Å². The van der Waals surface area contributed by atoms with E-state index in [4.69, 9.17) is 18.5 Å². The first-order valence-electron chi connectivity index (χ1n) is 20.7. The zero-order chi connectivity index (χ0) is 38.6. The fourth-order valence-corrected chi connectivity index (χ4v) is 6.05. The Kier molecular flexibility index (Phi) is 33.8. The minimum Gasteiger partial charge on any atom is -0.756 e. The van der Waals surface area contributed by atoms with Crippen LogP contribution in [0.2, 0.25) is 0 Å². The van der Waals surface area contributed by atoms with Gasteiger partial charge in [0, 0.05) is 12.8 Å². The molecule has 0 fully saturated rings. The minimum absolute atomic E-state index is 0.0387. The molecule has 0 aromatic heterocycles. The number of quaternary nitrogens is 1. The summed E-state index contributed by atoms with van der Waals surface area (Å²) in [4.78, 5) is 37.3. The Morgan fingerprint density at radius 2 is 1.08 bits per heavy atom. The first kappa shape index (κ1) is 50.2. The number of carbonyl (C=O) groups excluding carboxylic acids is 2. The number of ether oxygens (including phenoxy) is 2. The Morgan fingerprint density at radius 1 is 0.596 bits per heavy atom. The van der Waals surface area contributed by atoms with Crippen LogP contribution in [0.3, 0.4) is 0 Å². The lowest BCUT2D eigenvalue weighted by Gasteiger charge is -2.28. The van der Waals surface area contributed by atoms with Gasteiger partial charge in [0.05, 0.1) is 27.7 Å². The summed E-state index contributed by atoms with van der Waals surface area (Å²) in [6.07, 6.45) is 37.6. The molecule has 0 aliphatic carbocycles. The molecular weight excluding hydrogens is 677 g/mol. The second-order valence-electron chi connectivity index (χ2n) is 15.0. The second kappa shape index (κ2) is 35.0. The molecular formula is C42H78NO8P. The van der Waals surface area contributed by atoms with Gasteiger partial charge in [-0.15, -0.1) is 0 Å². The van der Waals surface area contributed by atoms with E-state index in [0.717, 1.165) is 57.8 Å². The minimum atomic E-state index is -4.63. The highest BCUT2D eigenvalue weighted by molar-refractivity contribution is 7.45. The van der Waals surface area contributed by atoms with E-state index in [1.165, 1.54) is 70.6 Å². The number of phosphoric acid groups is 1. The third-order valence-electron chi connectivity index (χ3n) is 8.63. The quantitative estimate of drug-likeness (QED) is 0.0203. The number of hydrogen-bond acceptors (Lipinski definition) is 8. The van der Waals surface area contributed by atoms with E-state index in [0.29, 0.717) is 23.9 Å². The van der Waals surface area contributed by atoms with Crippen LogP contribution >= 0.6 is 7.82 Å². The lowest BCUT2D eigenvalue weighted by Crippen LogP contribution is -2.37. The highest BCUT2D eigenvalue weighted by Gasteiger charge is 2.21. The van der Waals surface area contributed by atoms with Crippen LogP contribution in [0.5, 0.6) is 0 Å². The Hall–Kier alpha value is -1.77. The summed E-state index contributed by atoms with van der Waals surface area (Å²) in [5.74, 6) is -0.900. The molecule has 10 heteroatoms. The van der Waals surface area contributed by atoms with Crippen molar-refractivity contribution in [3.05, 3.63) is 36.5 Å². The summed E-state index contributed by atoms with van der Waals surface area (Å²) in [7, 11) is 1.14. The molecule has 0 aliphatic heterocycles. The second-order valence-corrected chi connectivity index (χ2v) is 16.4. The standard InChI is InChI=1S/C42H78NO8P/c1-6-8-10-12-14-16-18-19-20-21-22-23-25-26-28-30-32-34-41(44)48-38-40(39-50-52(46,47)49-37-36-43(3,4)5)51-42(45)35-33-31-29-27-24-17-15-13-11-9-7-2/h13,15,22-23,26,28,40H,6-12,14,16-21,24-25,27,29-39H2,1-5H3/b15-13+,23-22+,28-26+/t40-/m0/s1. The summed E-state index contributed by atoms with van der Waals surface area (Å²) >= 11 is 0. The number of nitrogens with zero attached hydrogens (tertiary/aromatic N) is 1. The fourth-order valence-electron chi connectivity index (χ4n) is 5.32. The van der Waals surface area contributed by atoms with Gasteiger partial charge in [0.15, 0.2) is 6.10 Å². The maximum Gasteiger partial charge on any atom is 0.306 e. The van der Waals surface area contributed by atoms with E-state index in [9.17, 15) is 19.0 Å². The van der Waals surface area contributed by atoms with Crippen molar-refractivity contribution in [2.24, 2.45) is 0 Å². The van der Waals surface area contributed by atoms with Crippen LogP contribution < -0.4 is 4.89 Å². The topological polar surface area (TPSA) is 111 Å². The van der Waals surface area contributed by atoms with Crippen molar-refractivity contribution in [1.82, 2.24) is 0 Å². The van der Waals surface area contributed by atoms with Crippen molar-refractivity contribution in [3.8, 4) is 0 Å². The molecule has 0 radical (unpaired) electrons. The van der Waals surface area contributed by atoms with Gasteiger partial charge in [-0.2, -0.15) is 0 Å². The smallest absolute Gasteiger partial charge is 0.306 e. The molecule has 0 saturated carbocycles. The third-order valence-corrected chi connectivity index (χ3v) is 9.60. The van der Waals surface area contributed by atoms with Crippen LogP contribution in [0, 0.1) is 0 Å². The van der Waals surface area contributed by atoms with Gasteiger partial charge in [-0.25, -0.2) is 0 Å². The van der Waals surface area contributed by atoms with Crippen molar-refractivity contribution < 1.29 is 42.1 Å². The summed E-state index contributed by atoms with van der Waals surface area (Å²) in [6, 6.07) is 0. The molecule has 0 saturated heterocycles. The molecule has 0 spiro atoms. The highest BCUT2D eigenvalue weighted by atomic mass is 31.2. The summed E-state index contributed by atoms with van der Waals surface area (Å²) in [5, 5.41) is 0. The first-order valence-corrected chi connectivity index (χ1v) is 22.2. The fraction of sp³-hybridized carbons (Fsp3) is 0.810. The predicted molar refractivity (Wildman–Crippen MR) is 213 cm³/mol. The van der Waals surface area contributed by atoms with Crippen molar-refractivity contribution in [3.63, 3.8) is 0 Å². The maximum absolute atomic E-state index is 12.6. The van der Waals surface area contributed by atoms with Crippen molar-refractivity contribution in [2.75, 3.05) is 47.5 Å². The summed E-state index contributed by atoms with van der Waals surface area (Å²) in [5.41, 5.74) is 0. The Labute approximate surface area is 319 Å². The van der Waals surface area contributed by atoms with Gasteiger partial charge in [-0.05, 0) is 57.8 Å². The average molecular weight is 756 g/mol. The molecule has 0 aliphatic rings. The molecule has 0 bridgehead atoms. The number of rotatable bonds is 37. The number of hydrogen-bond donors (Lipinski definition) is 0. The van der Waals surface area contributed by atoms with Crippen LogP contribution in [-0.2, 0) is 32.7 Å². The number of esters is 2. The van der Waals surface area contributed by atoms with Crippen molar-refractivity contribution >= 4 is 19.8 Å². The van der Waals surface area contributed by atoms with Gasteiger partial charge in [0.25, 0.3) is 7.82 Å². The highest BCUT2D eigenvalue weighted by Crippen LogP contribution is 2.38. The predicted octanol–water partition coefficient (Wildman–Crippen LogP) is 10.7. The zero-order valence-electron chi connectivity index (χ0n) is 34.0. The van der Waals surface area contributed by atoms with Crippen LogP contribution in [0.4, 0.5) is 0 Å². The van der Waals surface area contributed by atoms with Crippen LogP contribution in [0.15, 0.2) is 36.5 Å². The molecule has 52 heavy (non-hydrogen) atoms. The van der Waals surface area contributed by atoms with Crippen LogP contribution in [0.1, 0.15) is 168 Å². The van der Waals surface area contributed by atoms with Gasteiger partial charge in [0.1, 0.15) is 19.8 Å². The molecule has 0 rings (SSSR count). The third kappa shape index (κ3) is 38.0. The molecule has 0 aromatic rings. The number of unbranched alkanes of at least 4 members (excludes halogenated alkanes) is 17.